The third-order valence-corrected chi connectivity index (χ3v) is 3.94. The minimum atomic E-state index is -0.189. The van der Waals surface area contributed by atoms with E-state index < -0.39 is 0 Å². The number of pyridine rings is 1. The topological polar surface area (TPSA) is 97.0 Å². The van der Waals surface area contributed by atoms with E-state index in [1.54, 1.807) is 20.0 Å². The predicted molar refractivity (Wildman–Crippen MR) is 93.0 cm³/mol. The van der Waals surface area contributed by atoms with E-state index in [9.17, 15) is 9.59 Å². The number of nitrogens with zero attached hydrogens (tertiary/aromatic N) is 2. The van der Waals surface area contributed by atoms with Crippen LogP contribution >= 0.6 is 15.9 Å². The Balaban J connectivity index is 1.95. The fourth-order valence-electron chi connectivity index (χ4n) is 2.35. The lowest BCUT2D eigenvalue weighted by atomic mass is 10.1. The molecule has 24 heavy (non-hydrogen) atoms. The van der Waals surface area contributed by atoms with Crippen molar-refractivity contribution >= 4 is 21.8 Å². The Bertz CT molecular complexity index is 804. The number of H-pyrrole nitrogens is 1. The average Bonchev–Trinajstić information content (AvgIpc) is 2.52. The van der Waals surface area contributed by atoms with Gasteiger partial charge in [0.1, 0.15) is 5.82 Å². The summed E-state index contributed by atoms with van der Waals surface area (Å²) in [6.45, 7) is 3.80. The number of methoxy groups -OCH3 is 1. The summed E-state index contributed by atoms with van der Waals surface area (Å²) in [6.07, 6.45) is 2.18. The molecule has 2 rings (SSSR count). The molecule has 0 atom stereocenters. The maximum atomic E-state index is 12.0. The minimum Gasteiger partial charge on any atom is -0.481 e. The predicted octanol–water partition coefficient (Wildman–Crippen LogP) is 1.80. The monoisotopic (exact) mass is 394 g/mol. The van der Waals surface area contributed by atoms with Crippen molar-refractivity contribution in [3.8, 4) is 5.88 Å². The maximum Gasteiger partial charge on any atom is 0.254 e. The Labute approximate surface area is 148 Å². The molecule has 2 N–H and O–H groups in total. The largest absolute Gasteiger partial charge is 0.481 e. The molecule has 0 radical (unpaired) electrons. The minimum absolute atomic E-state index is 0.156. The second-order valence-corrected chi connectivity index (χ2v) is 6.23. The van der Waals surface area contributed by atoms with Crippen molar-refractivity contribution in [1.29, 1.82) is 0 Å². The number of hydrogen-bond acceptors (Lipinski definition) is 5. The average molecular weight is 395 g/mol. The fraction of sp³-hybridized carbons (Fsp3) is 0.375. The molecule has 0 spiro atoms. The van der Waals surface area contributed by atoms with Gasteiger partial charge in [-0.1, -0.05) is 0 Å². The van der Waals surface area contributed by atoms with E-state index in [0.29, 0.717) is 35.9 Å². The van der Waals surface area contributed by atoms with Crippen LogP contribution in [0.5, 0.6) is 5.88 Å². The number of aromatic amines is 1. The molecular formula is C16H19BrN4O3. The number of carbonyl (C=O) groups is 1. The third kappa shape index (κ3) is 4.64. The highest BCUT2D eigenvalue weighted by atomic mass is 79.9. The molecule has 7 nitrogen and oxygen atoms in total. The number of ether oxygens (including phenoxy) is 1. The number of aryl methyl sites for hydroxylation is 2. The van der Waals surface area contributed by atoms with Gasteiger partial charge < -0.3 is 15.0 Å². The zero-order chi connectivity index (χ0) is 17.7. The lowest BCUT2D eigenvalue weighted by Gasteiger charge is -2.10. The Morgan fingerprint density at radius 1 is 1.42 bits per heavy atom. The molecule has 0 fully saturated rings. The summed E-state index contributed by atoms with van der Waals surface area (Å²) in [5.41, 5.74) is 1.77. The number of hydrogen-bond donors (Lipinski definition) is 2. The number of nitrogens with one attached hydrogen (secondary N) is 2. The van der Waals surface area contributed by atoms with Gasteiger partial charge in [0.05, 0.1) is 7.11 Å². The Morgan fingerprint density at radius 3 is 2.83 bits per heavy atom. The molecule has 2 aromatic rings. The zero-order valence-electron chi connectivity index (χ0n) is 13.8. The van der Waals surface area contributed by atoms with E-state index in [2.05, 4.69) is 36.2 Å². The normalized spacial score (nSPS) is 10.5. The van der Waals surface area contributed by atoms with Crippen molar-refractivity contribution in [2.24, 2.45) is 0 Å². The fourth-order valence-corrected chi connectivity index (χ4v) is 2.72. The van der Waals surface area contributed by atoms with Crippen LogP contribution < -0.4 is 15.6 Å². The molecule has 0 unspecified atom stereocenters. The number of rotatable bonds is 6. The molecule has 0 saturated heterocycles. The summed E-state index contributed by atoms with van der Waals surface area (Å²) < 4.78 is 5.97. The summed E-state index contributed by atoms with van der Waals surface area (Å²) in [5, 5.41) is 2.81. The third-order valence-electron chi connectivity index (χ3n) is 3.50. The lowest BCUT2D eigenvalue weighted by molar-refractivity contribution is -0.121. The van der Waals surface area contributed by atoms with Crippen molar-refractivity contribution in [3.05, 3.63) is 49.7 Å². The summed E-state index contributed by atoms with van der Waals surface area (Å²) in [4.78, 5) is 35.0. The first-order chi connectivity index (χ1) is 11.4. The smallest absolute Gasteiger partial charge is 0.254 e. The van der Waals surface area contributed by atoms with E-state index in [1.807, 2.05) is 6.07 Å². The van der Waals surface area contributed by atoms with Gasteiger partial charge in [0.25, 0.3) is 5.56 Å². The Hall–Kier alpha value is -2.22. The molecule has 0 saturated carbocycles. The van der Waals surface area contributed by atoms with Crippen LogP contribution in [-0.2, 0) is 17.8 Å². The quantitative estimate of drug-likeness (QED) is 0.778. The van der Waals surface area contributed by atoms with Crippen LogP contribution in [0.4, 0.5) is 0 Å². The second-order valence-electron chi connectivity index (χ2n) is 5.31. The lowest BCUT2D eigenvalue weighted by Crippen LogP contribution is -2.25. The molecule has 2 aromatic heterocycles. The van der Waals surface area contributed by atoms with Crippen molar-refractivity contribution < 1.29 is 9.53 Å². The van der Waals surface area contributed by atoms with E-state index in [0.717, 1.165) is 10.0 Å². The highest BCUT2D eigenvalue weighted by Gasteiger charge is 2.11. The number of halogens is 1. The van der Waals surface area contributed by atoms with Crippen molar-refractivity contribution in [2.45, 2.75) is 33.2 Å². The Kier molecular flexibility index (Phi) is 6.08. The number of amides is 1. The van der Waals surface area contributed by atoms with Gasteiger partial charge in [0, 0.05) is 40.5 Å². The van der Waals surface area contributed by atoms with Crippen LogP contribution in [0.2, 0.25) is 0 Å². The van der Waals surface area contributed by atoms with Crippen LogP contribution in [0.3, 0.4) is 0 Å². The summed E-state index contributed by atoms with van der Waals surface area (Å²) in [7, 11) is 1.53. The highest BCUT2D eigenvalue weighted by molar-refractivity contribution is 9.10. The number of carbonyl (C=O) groups excluding carboxylic acids is 1. The molecule has 0 aromatic carbocycles. The van der Waals surface area contributed by atoms with Gasteiger partial charge in [0.2, 0.25) is 11.8 Å². The zero-order valence-corrected chi connectivity index (χ0v) is 15.4. The molecule has 8 heteroatoms. The van der Waals surface area contributed by atoms with Crippen LogP contribution in [0.15, 0.2) is 21.5 Å². The van der Waals surface area contributed by atoms with Gasteiger partial charge in [-0.05, 0) is 42.3 Å². The maximum absolute atomic E-state index is 12.0. The molecule has 128 valence electrons. The molecule has 0 bridgehead atoms. The first-order valence-corrected chi connectivity index (χ1v) is 8.21. The first kappa shape index (κ1) is 18.1. The molecule has 1 amide bonds. The highest BCUT2D eigenvalue weighted by Crippen LogP contribution is 2.19. The molecule has 0 aliphatic heterocycles. The summed E-state index contributed by atoms with van der Waals surface area (Å²) in [5.74, 6) is 0.880. The van der Waals surface area contributed by atoms with Crippen LogP contribution in [0, 0.1) is 13.8 Å². The van der Waals surface area contributed by atoms with E-state index >= 15 is 0 Å². The van der Waals surface area contributed by atoms with Gasteiger partial charge >= 0.3 is 0 Å². The van der Waals surface area contributed by atoms with Gasteiger partial charge in [-0.15, -0.1) is 0 Å². The molecule has 0 aliphatic rings. The summed E-state index contributed by atoms with van der Waals surface area (Å²) >= 11 is 3.34. The van der Waals surface area contributed by atoms with E-state index in [1.165, 1.54) is 7.11 Å². The van der Waals surface area contributed by atoms with Crippen molar-refractivity contribution in [1.82, 2.24) is 20.3 Å². The van der Waals surface area contributed by atoms with Crippen molar-refractivity contribution in [2.75, 3.05) is 7.11 Å². The molecule has 2 heterocycles. The van der Waals surface area contributed by atoms with E-state index in [-0.39, 0.29) is 17.9 Å². The van der Waals surface area contributed by atoms with Crippen molar-refractivity contribution in [3.63, 3.8) is 0 Å². The van der Waals surface area contributed by atoms with Crippen LogP contribution in [0.1, 0.15) is 29.1 Å². The van der Waals surface area contributed by atoms with Gasteiger partial charge in [0.15, 0.2) is 0 Å². The molecule has 0 aliphatic carbocycles. The number of aromatic nitrogens is 3. The van der Waals surface area contributed by atoms with Gasteiger partial charge in [-0.3, -0.25) is 9.59 Å². The van der Waals surface area contributed by atoms with Gasteiger partial charge in [-0.2, -0.15) is 0 Å². The van der Waals surface area contributed by atoms with Crippen LogP contribution in [0.25, 0.3) is 0 Å². The Morgan fingerprint density at radius 2 is 2.17 bits per heavy atom. The van der Waals surface area contributed by atoms with Gasteiger partial charge in [-0.25, -0.2) is 9.97 Å². The van der Waals surface area contributed by atoms with Crippen LogP contribution in [-0.4, -0.2) is 28.0 Å². The summed E-state index contributed by atoms with van der Waals surface area (Å²) in [6, 6.07) is 1.84. The van der Waals surface area contributed by atoms with E-state index in [4.69, 9.17) is 4.74 Å². The molecular weight excluding hydrogens is 376 g/mol. The SMILES string of the molecule is COc1ncc(Br)cc1CNC(=O)CCc1c(C)nc(C)[nH]c1=O. The second kappa shape index (κ2) is 8.05. The first-order valence-electron chi connectivity index (χ1n) is 7.42. The standard InChI is InChI=1S/C16H19BrN4O3/c1-9-13(15(23)21-10(2)20-9)4-5-14(22)18-7-11-6-12(17)8-19-16(11)24-3/h6,8H,4-5,7H2,1-3H3,(H,18,22)(H,20,21,23).